The van der Waals surface area contributed by atoms with Crippen LogP contribution >= 0.6 is 23.2 Å². The highest BCUT2D eigenvalue weighted by Gasteiger charge is 2.56. The van der Waals surface area contributed by atoms with Gasteiger partial charge in [-0.3, -0.25) is 19.3 Å². The zero-order valence-electron chi connectivity index (χ0n) is 18.0. The molecule has 170 valence electrons. The lowest BCUT2D eigenvalue weighted by atomic mass is 9.75. The molecular formula is C26H23Cl2NO4. The molecule has 1 heterocycles. The third-order valence-corrected chi connectivity index (χ3v) is 7.64. The number of carbonyl (C=O) groups excluding carboxylic acids is 3. The lowest BCUT2D eigenvalue weighted by molar-refractivity contribution is -0.122. The summed E-state index contributed by atoms with van der Waals surface area (Å²) in [6.45, 7) is 1.96. The predicted molar refractivity (Wildman–Crippen MR) is 127 cm³/mol. The van der Waals surface area contributed by atoms with Crippen LogP contribution in [0.1, 0.15) is 30.1 Å². The van der Waals surface area contributed by atoms with Crippen molar-refractivity contribution in [1.29, 1.82) is 0 Å². The third kappa shape index (κ3) is 3.98. The van der Waals surface area contributed by atoms with Gasteiger partial charge in [0.25, 0.3) is 0 Å². The Labute approximate surface area is 202 Å². The Kier molecular flexibility index (Phi) is 5.79. The summed E-state index contributed by atoms with van der Waals surface area (Å²) >= 11 is 12.2. The first-order valence-electron chi connectivity index (χ1n) is 11.1. The maximum absolute atomic E-state index is 13.3. The van der Waals surface area contributed by atoms with E-state index in [1.54, 1.807) is 42.5 Å². The fraction of sp³-hybridized carbons (Fsp3) is 0.346. The summed E-state index contributed by atoms with van der Waals surface area (Å²) in [7, 11) is 0. The summed E-state index contributed by atoms with van der Waals surface area (Å²) in [4.78, 5) is 40.2. The molecule has 0 bridgehead atoms. The van der Waals surface area contributed by atoms with E-state index in [2.05, 4.69) is 19.1 Å². The molecule has 1 saturated heterocycles. The summed E-state index contributed by atoms with van der Waals surface area (Å²) in [5.41, 5.74) is 0.747. The summed E-state index contributed by atoms with van der Waals surface area (Å²) < 4.78 is 5.60. The molecule has 0 N–H and O–H groups in total. The third-order valence-electron chi connectivity index (χ3n) is 7.01. The maximum atomic E-state index is 13.3. The number of benzene rings is 2. The maximum Gasteiger partial charge on any atom is 0.238 e. The van der Waals surface area contributed by atoms with Crippen molar-refractivity contribution in [1.82, 2.24) is 0 Å². The number of amides is 2. The van der Waals surface area contributed by atoms with Crippen molar-refractivity contribution in [3.63, 3.8) is 0 Å². The Hall–Kier alpha value is -2.63. The van der Waals surface area contributed by atoms with Crippen LogP contribution in [0.25, 0.3) is 0 Å². The molecule has 2 aromatic carbocycles. The second-order valence-corrected chi connectivity index (χ2v) is 9.88. The van der Waals surface area contributed by atoms with Gasteiger partial charge in [0.2, 0.25) is 17.6 Å². The van der Waals surface area contributed by atoms with Gasteiger partial charge in [-0.05, 0) is 67.0 Å². The number of allylic oxidation sites excluding steroid dienone is 2. The fourth-order valence-electron chi connectivity index (χ4n) is 5.16. The van der Waals surface area contributed by atoms with Gasteiger partial charge in [0, 0.05) is 0 Å². The van der Waals surface area contributed by atoms with Crippen LogP contribution < -0.4 is 9.64 Å². The standard InChI is InChI=1S/C26H23Cl2NO4/c1-14-12-19(14)17-4-2-5-18-23(17)26(32)29(25(18)31)15-8-10-16(11-9-15)33-13-22(30)24-20(27)6-3-7-21(24)28/h2-4,6-11,14,17-19,23H,5,12-13H2,1H3/t14-,17?,18?,19+,23?/m1/s1. The average Bonchev–Trinajstić information content (AvgIpc) is 3.47. The van der Waals surface area contributed by atoms with Gasteiger partial charge in [0.15, 0.2) is 6.61 Å². The van der Waals surface area contributed by atoms with Crippen LogP contribution in [0.2, 0.25) is 10.0 Å². The van der Waals surface area contributed by atoms with Gasteiger partial charge in [0.05, 0.1) is 33.1 Å². The van der Waals surface area contributed by atoms with Crippen molar-refractivity contribution in [3.8, 4) is 5.75 Å². The molecule has 7 heteroatoms. The summed E-state index contributed by atoms with van der Waals surface area (Å²) in [5.74, 6) is 0.544. The largest absolute Gasteiger partial charge is 0.485 e. The van der Waals surface area contributed by atoms with Crippen molar-refractivity contribution in [2.24, 2.45) is 29.6 Å². The number of Topliss-reactive ketones (excluding diaryl/α,β-unsaturated/α-hetero) is 1. The molecule has 33 heavy (non-hydrogen) atoms. The second kappa shape index (κ2) is 8.62. The molecule has 2 aromatic rings. The molecule has 0 spiro atoms. The molecular weight excluding hydrogens is 461 g/mol. The summed E-state index contributed by atoms with van der Waals surface area (Å²) in [5, 5.41) is 0.541. The first-order valence-corrected chi connectivity index (χ1v) is 11.9. The number of hydrogen-bond donors (Lipinski definition) is 0. The minimum atomic E-state index is -0.337. The van der Waals surface area contributed by atoms with E-state index in [0.29, 0.717) is 29.7 Å². The van der Waals surface area contributed by atoms with E-state index >= 15 is 0 Å². The molecule has 2 aliphatic carbocycles. The van der Waals surface area contributed by atoms with Gasteiger partial charge >= 0.3 is 0 Å². The molecule has 2 amide bonds. The number of ether oxygens (including phenoxy) is 1. The zero-order chi connectivity index (χ0) is 23.3. The van der Waals surface area contributed by atoms with E-state index in [9.17, 15) is 14.4 Å². The molecule has 3 unspecified atom stereocenters. The Balaban J connectivity index is 1.28. The number of carbonyl (C=O) groups is 3. The molecule has 0 aromatic heterocycles. The summed E-state index contributed by atoms with van der Waals surface area (Å²) in [6, 6.07) is 11.5. The van der Waals surface area contributed by atoms with Crippen LogP contribution in [0, 0.1) is 29.6 Å². The highest BCUT2D eigenvalue weighted by atomic mass is 35.5. The fourth-order valence-corrected chi connectivity index (χ4v) is 5.77. The monoisotopic (exact) mass is 483 g/mol. The van der Waals surface area contributed by atoms with E-state index in [1.807, 2.05) is 0 Å². The number of hydrogen-bond acceptors (Lipinski definition) is 4. The Morgan fingerprint density at radius 2 is 1.73 bits per heavy atom. The smallest absolute Gasteiger partial charge is 0.238 e. The molecule has 2 fully saturated rings. The van der Waals surface area contributed by atoms with Crippen molar-refractivity contribution >= 4 is 46.5 Å². The van der Waals surface area contributed by atoms with E-state index in [0.717, 1.165) is 6.42 Å². The zero-order valence-corrected chi connectivity index (χ0v) is 19.6. The number of anilines is 1. The lowest BCUT2D eigenvalue weighted by Crippen LogP contribution is -2.32. The Morgan fingerprint density at radius 3 is 2.36 bits per heavy atom. The van der Waals surface area contributed by atoms with Gasteiger partial charge in [-0.15, -0.1) is 0 Å². The van der Waals surface area contributed by atoms with Crippen LogP contribution in [-0.2, 0) is 9.59 Å². The molecule has 1 aliphatic heterocycles. The first kappa shape index (κ1) is 22.2. The van der Waals surface area contributed by atoms with Crippen molar-refractivity contribution < 1.29 is 19.1 Å². The van der Waals surface area contributed by atoms with E-state index in [1.165, 1.54) is 4.90 Å². The quantitative estimate of drug-likeness (QED) is 0.305. The molecule has 5 nitrogen and oxygen atoms in total. The average molecular weight is 484 g/mol. The topological polar surface area (TPSA) is 63.7 Å². The van der Waals surface area contributed by atoms with Gasteiger partial charge in [-0.2, -0.15) is 0 Å². The van der Waals surface area contributed by atoms with Gasteiger partial charge < -0.3 is 4.74 Å². The van der Waals surface area contributed by atoms with E-state index in [4.69, 9.17) is 27.9 Å². The normalized spacial score (nSPS) is 28.1. The van der Waals surface area contributed by atoms with E-state index < -0.39 is 0 Å². The van der Waals surface area contributed by atoms with Crippen LogP contribution in [0.4, 0.5) is 5.69 Å². The highest BCUT2D eigenvalue weighted by molar-refractivity contribution is 6.39. The minimum absolute atomic E-state index is 0.115. The van der Waals surface area contributed by atoms with Crippen LogP contribution in [0.3, 0.4) is 0 Å². The van der Waals surface area contributed by atoms with Crippen LogP contribution in [0.5, 0.6) is 5.75 Å². The highest BCUT2D eigenvalue weighted by Crippen LogP contribution is 2.53. The first-order chi connectivity index (χ1) is 15.9. The van der Waals surface area contributed by atoms with Gasteiger partial charge in [-0.1, -0.05) is 48.3 Å². The second-order valence-electron chi connectivity index (χ2n) is 9.06. The number of ketones is 1. The SMILES string of the molecule is C[C@@H]1C[C@@H]1C1C=CCC2C(=O)N(c3ccc(OCC(=O)c4c(Cl)cccc4Cl)cc3)C(=O)C21. The minimum Gasteiger partial charge on any atom is -0.485 e. The van der Waals surface area contributed by atoms with Crippen LogP contribution in [-0.4, -0.2) is 24.2 Å². The van der Waals surface area contributed by atoms with Crippen molar-refractivity contribution in [2.45, 2.75) is 19.8 Å². The number of rotatable bonds is 6. The molecule has 3 aliphatic rings. The number of fused-ring (bicyclic) bond motifs is 1. The van der Waals surface area contributed by atoms with Crippen molar-refractivity contribution in [3.05, 3.63) is 70.2 Å². The van der Waals surface area contributed by atoms with Gasteiger partial charge in [0.1, 0.15) is 5.75 Å². The predicted octanol–water partition coefficient (Wildman–Crippen LogP) is 5.59. The molecule has 5 rings (SSSR count). The Morgan fingerprint density at radius 1 is 1.06 bits per heavy atom. The molecule has 0 radical (unpaired) electrons. The molecule has 1 saturated carbocycles. The van der Waals surface area contributed by atoms with Crippen LogP contribution in [0.15, 0.2) is 54.6 Å². The van der Waals surface area contributed by atoms with E-state index in [-0.39, 0.29) is 57.6 Å². The lowest BCUT2D eigenvalue weighted by Gasteiger charge is -2.26. The number of nitrogens with zero attached hydrogens (tertiary/aromatic N) is 1. The number of imide groups is 1. The van der Waals surface area contributed by atoms with Crippen molar-refractivity contribution in [2.75, 3.05) is 11.5 Å². The van der Waals surface area contributed by atoms with Gasteiger partial charge in [-0.25, -0.2) is 0 Å². The molecule has 5 atom stereocenters. The number of halogens is 2. The Bertz CT molecular complexity index is 1140. The summed E-state index contributed by atoms with van der Waals surface area (Å²) in [6.07, 6.45) is 5.93.